The van der Waals surface area contributed by atoms with E-state index in [-0.39, 0.29) is 16.4 Å². The van der Waals surface area contributed by atoms with Gasteiger partial charge in [0, 0.05) is 5.41 Å². The van der Waals surface area contributed by atoms with Crippen molar-refractivity contribution in [3.63, 3.8) is 0 Å². The van der Waals surface area contributed by atoms with E-state index in [9.17, 15) is 8.42 Å². The highest BCUT2D eigenvalue weighted by molar-refractivity contribution is 7.91. The molecule has 90 valence electrons. The number of hydrogen-bond acceptors (Lipinski definition) is 4. The number of aromatic nitrogens is 1. The first-order chi connectivity index (χ1) is 7.29. The molecule has 0 spiro atoms. The van der Waals surface area contributed by atoms with Gasteiger partial charge in [0.2, 0.25) is 0 Å². The number of oxazole rings is 1. The van der Waals surface area contributed by atoms with E-state index in [0.29, 0.717) is 11.6 Å². The molecule has 0 radical (unpaired) electrons. The molecule has 1 aliphatic carbocycles. The van der Waals surface area contributed by atoms with E-state index in [2.05, 4.69) is 4.98 Å². The first kappa shape index (κ1) is 11.6. The smallest absolute Gasteiger partial charge is 0.199 e. The van der Waals surface area contributed by atoms with Crippen molar-refractivity contribution in [3.8, 4) is 0 Å². The lowest BCUT2D eigenvalue weighted by Gasteiger charge is -2.11. The molecule has 5 heteroatoms. The molecule has 1 fully saturated rings. The van der Waals surface area contributed by atoms with Crippen LogP contribution >= 0.6 is 0 Å². The molecule has 1 heterocycles. The molecule has 1 aromatic heterocycles. The largest absolute Gasteiger partial charge is 0.448 e. The van der Waals surface area contributed by atoms with Gasteiger partial charge in [0.1, 0.15) is 6.26 Å². The van der Waals surface area contributed by atoms with Crippen LogP contribution in [-0.2, 0) is 21.0 Å². The van der Waals surface area contributed by atoms with Gasteiger partial charge in [-0.2, -0.15) is 0 Å². The highest BCUT2D eigenvalue weighted by Crippen LogP contribution is 2.31. The second-order valence-corrected chi connectivity index (χ2v) is 7.68. The topological polar surface area (TPSA) is 60.2 Å². The second kappa shape index (κ2) is 3.58. The molecule has 0 unspecified atom stereocenters. The summed E-state index contributed by atoms with van der Waals surface area (Å²) >= 11 is 0. The molecule has 0 amide bonds. The number of rotatable bonds is 3. The minimum Gasteiger partial charge on any atom is -0.448 e. The Labute approximate surface area is 96.0 Å². The average molecular weight is 243 g/mol. The zero-order valence-corrected chi connectivity index (χ0v) is 10.7. The Kier molecular flexibility index (Phi) is 2.61. The Balaban J connectivity index is 2.14. The van der Waals surface area contributed by atoms with Crippen molar-refractivity contribution in [2.45, 2.75) is 50.0 Å². The lowest BCUT2D eigenvalue weighted by Crippen LogP contribution is -2.13. The molecule has 4 nitrogen and oxygen atoms in total. The predicted molar refractivity (Wildman–Crippen MR) is 60.8 cm³/mol. The van der Waals surface area contributed by atoms with E-state index in [1.807, 2.05) is 20.8 Å². The van der Waals surface area contributed by atoms with E-state index in [1.165, 1.54) is 6.26 Å². The normalized spacial score (nSPS) is 17.7. The van der Waals surface area contributed by atoms with Gasteiger partial charge in [-0.25, -0.2) is 13.4 Å². The Morgan fingerprint density at radius 2 is 2.06 bits per heavy atom. The molecule has 0 aromatic carbocycles. The highest BCUT2D eigenvalue weighted by Gasteiger charge is 2.36. The molecule has 0 saturated heterocycles. The van der Waals surface area contributed by atoms with Crippen LogP contribution in [0.15, 0.2) is 10.7 Å². The summed E-state index contributed by atoms with van der Waals surface area (Å²) in [5.74, 6) is 0.602. The van der Waals surface area contributed by atoms with Crippen LogP contribution in [0.2, 0.25) is 0 Å². The fourth-order valence-electron chi connectivity index (χ4n) is 1.47. The van der Waals surface area contributed by atoms with Gasteiger partial charge in [-0.1, -0.05) is 20.8 Å². The standard InChI is InChI=1S/C11H17NO3S/c1-11(2,3)10-12-8(6-15-10)7-16(13,14)9-4-5-9/h6,9H,4-5,7H2,1-3H3. The maximum atomic E-state index is 11.7. The van der Waals surface area contributed by atoms with Gasteiger partial charge >= 0.3 is 0 Å². The molecule has 1 saturated carbocycles. The monoisotopic (exact) mass is 243 g/mol. The Hall–Kier alpha value is -0.840. The summed E-state index contributed by atoms with van der Waals surface area (Å²) in [5, 5.41) is -0.137. The fraction of sp³-hybridized carbons (Fsp3) is 0.727. The number of sulfone groups is 1. The number of nitrogens with zero attached hydrogens (tertiary/aromatic N) is 1. The summed E-state index contributed by atoms with van der Waals surface area (Å²) < 4.78 is 28.8. The Morgan fingerprint density at radius 1 is 1.44 bits per heavy atom. The fourth-order valence-corrected chi connectivity index (χ4v) is 3.10. The Bertz CT molecular complexity index is 478. The molecule has 1 aromatic rings. The summed E-state index contributed by atoms with van der Waals surface area (Å²) in [6.45, 7) is 5.95. The molecule has 0 bridgehead atoms. The molecular weight excluding hydrogens is 226 g/mol. The zero-order valence-electron chi connectivity index (χ0n) is 9.86. The summed E-state index contributed by atoms with van der Waals surface area (Å²) in [6.07, 6.45) is 3.05. The lowest BCUT2D eigenvalue weighted by molar-refractivity contribution is 0.392. The van der Waals surface area contributed by atoms with Crippen molar-refractivity contribution < 1.29 is 12.8 Å². The predicted octanol–water partition coefficient (Wildman–Crippen LogP) is 2.05. The summed E-state index contributed by atoms with van der Waals surface area (Å²) in [4.78, 5) is 4.23. The minimum absolute atomic E-state index is 0.0112. The lowest BCUT2D eigenvalue weighted by atomic mass is 9.97. The van der Waals surface area contributed by atoms with Crippen molar-refractivity contribution in [2.24, 2.45) is 0 Å². The van der Waals surface area contributed by atoms with E-state index < -0.39 is 9.84 Å². The van der Waals surface area contributed by atoms with Crippen molar-refractivity contribution >= 4 is 9.84 Å². The third kappa shape index (κ3) is 2.45. The van der Waals surface area contributed by atoms with Crippen LogP contribution in [0.1, 0.15) is 45.2 Å². The maximum absolute atomic E-state index is 11.7. The quantitative estimate of drug-likeness (QED) is 0.815. The van der Waals surface area contributed by atoms with Gasteiger partial charge in [-0.05, 0) is 12.8 Å². The highest BCUT2D eigenvalue weighted by atomic mass is 32.2. The molecular formula is C11H17NO3S. The van der Waals surface area contributed by atoms with E-state index in [0.717, 1.165) is 12.8 Å². The molecule has 0 atom stereocenters. The molecule has 16 heavy (non-hydrogen) atoms. The van der Waals surface area contributed by atoms with Gasteiger partial charge < -0.3 is 4.42 Å². The van der Waals surface area contributed by atoms with Crippen LogP contribution in [0.4, 0.5) is 0 Å². The van der Waals surface area contributed by atoms with E-state index in [4.69, 9.17) is 4.42 Å². The van der Waals surface area contributed by atoms with Crippen molar-refractivity contribution in [3.05, 3.63) is 17.8 Å². The molecule has 1 aliphatic rings. The van der Waals surface area contributed by atoms with Crippen LogP contribution in [-0.4, -0.2) is 18.7 Å². The van der Waals surface area contributed by atoms with Crippen LogP contribution in [0.25, 0.3) is 0 Å². The van der Waals surface area contributed by atoms with Crippen molar-refractivity contribution in [1.82, 2.24) is 4.98 Å². The summed E-state index contributed by atoms with van der Waals surface area (Å²) in [6, 6.07) is 0. The number of hydrogen-bond donors (Lipinski definition) is 0. The minimum atomic E-state index is -2.99. The molecule has 0 aliphatic heterocycles. The first-order valence-electron chi connectivity index (χ1n) is 5.45. The zero-order chi connectivity index (χ0) is 12.0. The van der Waals surface area contributed by atoms with Gasteiger partial charge in [-0.3, -0.25) is 0 Å². The van der Waals surface area contributed by atoms with Gasteiger partial charge in [0.25, 0.3) is 0 Å². The van der Waals surface area contributed by atoms with Gasteiger partial charge in [0.15, 0.2) is 15.7 Å². The molecule has 0 N–H and O–H groups in total. The summed E-state index contributed by atoms with van der Waals surface area (Å²) in [5.41, 5.74) is 0.346. The van der Waals surface area contributed by atoms with Crippen LogP contribution < -0.4 is 0 Å². The third-order valence-corrected chi connectivity index (χ3v) is 4.76. The summed E-state index contributed by atoms with van der Waals surface area (Å²) in [7, 11) is -2.99. The van der Waals surface area contributed by atoms with E-state index in [1.54, 1.807) is 0 Å². The Morgan fingerprint density at radius 3 is 2.50 bits per heavy atom. The third-order valence-electron chi connectivity index (χ3n) is 2.57. The van der Waals surface area contributed by atoms with E-state index >= 15 is 0 Å². The average Bonchev–Trinajstić information content (AvgIpc) is 2.87. The van der Waals surface area contributed by atoms with Crippen LogP contribution in [0.3, 0.4) is 0 Å². The van der Waals surface area contributed by atoms with Crippen molar-refractivity contribution in [2.75, 3.05) is 0 Å². The first-order valence-corrected chi connectivity index (χ1v) is 7.17. The van der Waals surface area contributed by atoms with Gasteiger partial charge in [0.05, 0.1) is 16.7 Å². The second-order valence-electron chi connectivity index (χ2n) is 5.40. The van der Waals surface area contributed by atoms with Crippen LogP contribution in [0.5, 0.6) is 0 Å². The maximum Gasteiger partial charge on any atom is 0.199 e. The van der Waals surface area contributed by atoms with Crippen LogP contribution in [0, 0.1) is 0 Å². The molecule has 2 rings (SSSR count). The van der Waals surface area contributed by atoms with Gasteiger partial charge in [-0.15, -0.1) is 0 Å². The van der Waals surface area contributed by atoms with Crippen molar-refractivity contribution in [1.29, 1.82) is 0 Å². The SMILES string of the molecule is CC(C)(C)c1nc(CS(=O)(=O)C2CC2)co1.